The van der Waals surface area contributed by atoms with E-state index in [4.69, 9.17) is 16.3 Å². The Morgan fingerprint density at radius 2 is 1.63 bits per heavy atom. The van der Waals surface area contributed by atoms with Gasteiger partial charge in [0.1, 0.15) is 5.75 Å². The first kappa shape index (κ1) is 19.3. The zero-order chi connectivity index (χ0) is 19.3. The van der Waals surface area contributed by atoms with Gasteiger partial charge in [-0.25, -0.2) is 8.42 Å². The first-order valence-electron chi connectivity index (χ1n) is 8.56. The van der Waals surface area contributed by atoms with Crippen molar-refractivity contribution in [3.63, 3.8) is 0 Å². The highest BCUT2D eigenvalue weighted by atomic mass is 35.5. The molecule has 0 aromatic heterocycles. The number of benzene rings is 3. The number of hydrogen-bond donors (Lipinski definition) is 0. The van der Waals surface area contributed by atoms with Gasteiger partial charge in [0.15, 0.2) is 0 Å². The largest absolute Gasteiger partial charge is 0.494 e. The van der Waals surface area contributed by atoms with Gasteiger partial charge in [-0.2, -0.15) is 0 Å². The average molecular weight is 402 g/mol. The third kappa shape index (κ3) is 4.62. The van der Waals surface area contributed by atoms with Crippen LogP contribution in [0.25, 0.3) is 0 Å². The van der Waals surface area contributed by atoms with Crippen molar-refractivity contribution in [2.45, 2.75) is 18.4 Å². The van der Waals surface area contributed by atoms with Crippen LogP contribution in [-0.2, 0) is 16.6 Å². The molecule has 0 unspecified atom stereocenters. The van der Waals surface area contributed by atoms with Crippen LogP contribution < -0.4 is 9.04 Å². The molecule has 0 aliphatic carbocycles. The number of ether oxygens (including phenoxy) is 1. The highest BCUT2D eigenvalue weighted by Gasteiger charge is 2.25. The summed E-state index contributed by atoms with van der Waals surface area (Å²) in [6.07, 6.45) is 0. The van der Waals surface area contributed by atoms with Gasteiger partial charge in [-0.15, -0.1) is 0 Å². The molecule has 140 valence electrons. The van der Waals surface area contributed by atoms with Crippen molar-refractivity contribution in [2.75, 3.05) is 10.9 Å². The fraction of sp³-hybridized carbons (Fsp3) is 0.143. The van der Waals surface area contributed by atoms with Gasteiger partial charge in [0.25, 0.3) is 10.0 Å². The van der Waals surface area contributed by atoms with E-state index in [0.717, 1.165) is 5.56 Å². The molecule has 0 amide bonds. The van der Waals surface area contributed by atoms with Gasteiger partial charge in [-0.1, -0.05) is 41.9 Å². The maximum absolute atomic E-state index is 13.3. The summed E-state index contributed by atoms with van der Waals surface area (Å²) in [6.45, 7) is 2.62. The summed E-state index contributed by atoms with van der Waals surface area (Å²) in [6, 6.07) is 22.6. The first-order chi connectivity index (χ1) is 13.0. The Balaban J connectivity index is 2.03. The molecule has 3 aromatic carbocycles. The second-order valence-electron chi connectivity index (χ2n) is 5.88. The Morgan fingerprint density at radius 1 is 0.926 bits per heavy atom. The van der Waals surface area contributed by atoms with E-state index in [1.807, 2.05) is 19.1 Å². The predicted octanol–water partition coefficient (Wildman–Crippen LogP) is 5.13. The summed E-state index contributed by atoms with van der Waals surface area (Å²) in [5.41, 5.74) is 1.36. The van der Waals surface area contributed by atoms with E-state index < -0.39 is 10.0 Å². The number of halogens is 1. The molecule has 0 fully saturated rings. The van der Waals surface area contributed by atoms with Gasteiger partial charge < -0.3 is 4.74 Å². The molecule has 3 aromatic rings. The van der Waals surface area contributed by atoms with Crippen LogP contribution in [0, 0.1) is 0 Å². The van der Waals surface area contributed by atoms with Crippen LogP contribution in [0.4, 0.5) is 5.69 Å². The van der Waals surface area contributed by atoms with Crippen LogP contribution in [0.15, 0.2) is 83.8 Å². The van der Waals surface area contributed by atoms with Gasteiger partial charge in [0.2, 0.25) is 0 Å². The van der Waals surface area contributed by atoms with E-state index in [9.17, 15) is 8.42 Å². The van der Waals surface area contributed by atoms with Crippen molar-refractivity contribution in [1.82, 2.24) is 0 Å². The zero-order valence-electron chi connectivity index (χ0n) is 14.9. The topological polar surface area (TPSA) is 46.6 Å². The van der Waals surface area contributed by atoms with E-state index in [0.29, 0.717) is 23.1 Å². The van der Waals surface area contributed by atoms with Crippen LogP contribution in [0.1, 0.15) is 12.5 Å². The van der Waals surface area contributed by atoms with Crippen molar-refractivity contribution in [3.8, 4) is 5.75 Å². The molecule has 0 atom stereocenters. The van der Waals surface area contributed by atoms with E-state index in [1.54, 1.807) is 66.7 Å². The summed E-state index contributed by atoms with van der Waals surface area (Å²) in [7, 11) is -3.74. The minimum Gasteiger partial charge on any atom is -0.494 e. The summed E-state index contributed by atoms with van der Waals surface area (Å²) in [5.74, 6) is 0.695. The lowest BCUT2D eigenvalue weighted by molar-refractivity contribution is 0.340. The van der Waals surface area contributed by atoms with Crippen LogP contribution in [0.5, 0.6) is 5.75 Å². The molecule has 27 heavy (non-hydrogen) atoms. The van der Waals surface area contributed by atoms with Crippen molar-refractivity contribution in [1.29, 1.82) is 0 Å². The fourth-order valence-corrected chi connectivity index (χ4v) is 4.40. The second-order valence-corrected chi connectivity index (χ2v) is 8.18. The summed E-state index contributed by atoms with van der Waals surface area (Å²) >= 11 is 6.08. The monoisotopic (exact) mass is 401 g/mol. The Labute approximate surface area is 165 Å². The SMILES string of the molecule is CCOc1ccc(N(Cc2cccc(Cl)c2)S(=O)(=O)c2ccccc2)cc1. The van der Waals surface area contributed by atoms with Gasteiger partial charge >= 0.3 is 0 Å². The van der Waals surface area contributed by atoms with Gasteiger partial charge in [-0.05, 0) is 61.0 Å². The smallest absolute Gasteiger partial charge is 0.264 e. The van der Waals surface area contributed by atoms with Gasteiger partial charge in [-0.3, -0.25) is 4.31 Å². The minimum atomic E-state index is -3.74. The molecule has 0 aliphatic heterocycles. The fourth-order valence-electron chi connectivity index (χ4n) is 2.71. The van der Waals surface area contributed by atoms with E-state index in [1.165, 1.54) is 4.31 Å². The lowest BCUT2D eigenvalue weighted by atomic mass is 10.2. The van der Waals surface area contributed by atoms with Gasteiger partial charge in [0, 0.05) is 5.02 Å². The Kier molecular flexibility index (Phi) is 6.04. The standard InChI is InChI=1S/C21H20ClNO3S/c1-2-26-20-13-11-19(12-14-20)23(16-17-7-6-8-18(22)15-17)27(24,25)21-9-4-3-5-10-21/h3-15H,2,16H2,1H3. The van der Waals surface area contributed by atoms with E-state index in [-0.39, 0.29) is 11.4 Å². The maximum Gasteiger partial charge on any atom is 0.264 e. The number of anilines is 1. The molecule has 0 spiro atoms. The molecule has 0 heterocycles. The summed E-state index contributed by atoms with van der Waals surface area (Å²) in [4.78, 5) is 0.237. The van der Waals surface area contributed by atoms with Gasteiger partial charge in [0.05, 0.1) is 23.7 Å². The Morgan fingerprint density at radius 3 is 2.26 bits per heavy atom. The van der Waals surface area contributed by atoms with Crippen LogP contribution >= 0.6 is 11.6 Å². The van der Waals surface area contributed by atoms with Crippen LogP contribution in [0.3, 0.4) is 0 Å². The summed E-state index contributed by atoms with van der Waals surface area (Å²) in [5, 5.41) is 0.566. The number of sulfonamides is 1. The molecular weight excluding hydrogens is 382 g/mol. The molecule has 0 bridgehead atoms. The maximum atomic E-state index is 13.3. The molecule has 6 heteroatoms. The molecule has 0 saturated heterocycles. The summed E-state index contributed by atoms with van der Waals surface area (Å²) < 4.78 is 33.4. The van der Waals surface area contributed by atoms with E-state index in [2.05, 4.69) is 0 Å². The lowest BCUT2D eigenvalue weighted by Crippen LogP contribution is -2.30. The molecule has 0 N–H and O–H groups in total. The van der Waals surface area contributed by atoms with Crippen molar-refractivity contribution in [3.05, 3.63) is 89.4 Å². The van der Waals surface area contributed by atoms with Crippen molar-refractivity contribution < 1.29 is 13.2 Å². The highest BCUT2D eigenvalue weighted by molar-refractivity contribution is 7.92. The third-order valence-corrected chi connectivity index (χ3v) is 6.01. The molecule has 3 rings (SSSR count). The first-order valence-corrected chi connectivity index (χ1v) is 10.4. The van der Waals surface area contributed by atoms with Crippen LogP contribution in [0.2, 0.25) is 5.02 Å². The second kappa shape index (κ2) is 8.46. The molecule has 4 nitrogen and oxygen atoms in total. The Hall–Kier alpha value is -2.50. The van der Waals surface area contributed by atoms with Crippen molar-refractivity contribution in [2.24, 2.45) is 0 Å². The number of nitrogens with zero attached hydrogens (tertiary/aromatic N) is 1. The molecular formula is C21H20ClNO3S. The molecule has 0 radical (unpaired) electrons. The third-order valence-electron chi connectivity index (χ3n) is 3.98. The Bertz CT molecular complexity index is 989. The van der Waals surface area contributed by atoms with Crippen molar-refractivity contribution >= 4 is 27.3 Å². The van der Waals surface area contributed by atoms with Crippen LogP contribution in [-0.4, -0.2) is 15.0 Å². The number of rotatable bonds is 7. The predicted molar refractivity (Wildman–Crippen MR) is 109 cm³/mol. The normalized spacial score (nSPS) is 11.2. The average Bonchev–Trinajstić information content (AvgIpc) is 2.68. The number of hydrogen-bond acceptors (Lipinski definition) is 3. The lowest BCUT2D eigenvalue weighted by Gasteiger charge is -2.25. The molecule has 0 saturated carbocycles. The molecule has 0 aliphatic rings. The zero-order valence-corrected chi connectivity index (χ0v) is 16.5. The minimum absolute atomic E-state index is 0.172. The quantitative estimate of drug-likeness (QED) is 0.551. The highest BCUT2D eigenvalue weighted by Crippen LogP contribution is 2.28. The van der Waals surface area contributed by atoms with E-state index >= 15 is 0 Å².